The molecule has 0 saturated carbocycles. The molecule has 0 aliphatic carbocycles. The number of nitrogens with zero attached hydrogens (tertiary/aromatic N) is 4. The van der Waals surface area contributed by atoms with Crippen molar-refractivity contribution in [3.8, 4) is 0 Å². The molecule has 2 aromatic rings. The minimum absolute atomic E-state index is 0.348. The summed E-state index contributed by atoms with van der Waals surface area (Å²) in [7, 11) is 0. The second kappa shape index (κ2) is 5.36. The van der Waals surface area contributed by atoms with Gasteiger partial charge in [-0.3, -0.25) is 0 Å². The summed E-state index contributed by atoms with van der Waals surface area (Å²) in [5.74, 6) is 1.66. The molecule has 0 aromatic carbocycles. The van der Waals surface area contributed by atoms with Crippen LogP contribution >= 0.6 is 0 Å². The quantitative estimate of drug-likeness (QED) is 0.894. The van der Waals surface area contributed by atoms with E-state index in [4.69, 9.17) is 0 Å². The monoisotopic (exact) mass is 274 g/mol. The molecule has 6 heteroatoms. The Balaban J connectivity index is 1.97. The van der Waals surface area contributed by atoms with E-state index in [1.807, 2.05) is 13.3 Å². The number of aromatic nitrogens is 4. The molecule has 0 atom stereocenters. The second-order valence-corrected chi connectivity index (χ2v) is 5.71. The number of nitrogens with one attached hydrogen (secondary N) is 2. The Morgan fingerprint density at radius 2 is 2.05 bits per heavy atom. The normalized spacial score (nSPS) is 17.0. The van der Waals surface area contributed by atoms with Crippen molar-refractivity contribution in [2.24, 2.45) is 0 Å². The van der Waals surface area contributed by atoms with E-state index >= 15 is 0 Å². The lowest BCUT2D eigenvalue weighted by Crippen LogP contribution is -2.35. The summed E-state index contributed by atoms with van der Waals surface area (Å²) in [5, 5.41) is 6.93. The number of hydrogen-bond acceptors (Lipinski definition) is 5. The first kappa shape index (κ1) is 13.3. The van der Waals surface area contributed by atoms with Crippen LogP contribution in [0, 0.1) is 6.92 Å². The first-order valence-corrected chi connectivity index (χ1v) is 7.33. The minimum atomic E-state index is 0.348. The van der Waals surface area contributed by atoms with Crippen LogP contribution in [0.3, 0.4) is 0 Å². The van der Waals surface area contributed by atoms with Crippen LogP contribution in [0.5, 0.6) is 0 Å². The molecule has 1 fully saturated rings. The third-order valence-corrected chi connectivity index (χ3v) is 3.77. The maximum atomic E-state index is 4.55. The summed E-state index contributed by atoms with van der Waals surface area (Å²) < 4.78 is 2.09. The summed E-state index contributed by atoms with van der Waals surface area (Å²) in [6, 6.07) is 0.819. The smallest absolute Gasteiger partial charge is 0.165 e. The lowest BCUT2D eigenvalue weighted by atomic mass is 10.1. The number of hydrogen-bond donors (Lipinski definition) is 2. The first-order chi connectivity index (χ1) is 9.65. The Labute approximate surface area is 119 Å². The SMILES string of the molecule is Cc1nc(NC2CCNCC2)c2ncn(C(C)C)c2n1. The lowest BCUT2D eigenvalue weighted by molar-refractivity contribution is 0.478. The zero-order chi connectivity index (χ0) is 14.1. The Bertz CT molecular complexity index is 597. The third kappa shape index (κ3) is 2.47. The van der Waals surface area contributed by atoms with E-state index < -0.39 is 0 Å². The summed E-state index contributed by atoms with van der Waals surface area (Å²) in [4.78, 5) is 13.6. The van der Waals surface area contributed by atoms with E-state index in [1.54, 1.807) is 0 Å². The third-order valence-electron chi connectivity index (χ3n) is 3.77. The van der Waals surface area contributed by atoms with Crippen LogP contribution in [0.15, 0.2) is 6.33 Å². The largest absolute Gasteiger partial charge is 0.365 e. The van der Waals surface area contributed by atoms with Crippen molar-refractivity contribution in [1.82, 2.24) is 24.8 Å². The Hall–Kier alpha value is -1.69. The highest BCUT2D eigenvalue weighted by Gasteiger charge is 2.18. The van der Waals surface area contributed by atoms with Crippen molar-refractivity contribution >= 4 is 17.0 Å². The van der Waals surface area contributed by atoms with E-state index in [0.717, 1.165) is 48.7 Å². The van der Waals surface area contributed by atoms with E-state index in [2.05, 4.69) is 44.0 Å². The lowest BCUT2D eigenvalue weighted by Gasteiger charge is -2.24. The topological polar surface area (TPSA) is 67.7 Å². The van der Waals surface area contributed by atoms with E-state index in [1.165, 1.54) is 0 Å². The molecule has 1 aliphatic heterocycles. The molecule has 0 amide bonds. The van der Waals surface area contributed by atoms with Gasteiger partial charge in [0.15, 0.2) is 11.5 Å². The maximum Gasteiger partial charge on any atom is 0.165 e. The molecule has 0 unspecified atom stereocenters. The van der Waals surface area contributed by atoms with Gasteiger partial charge in [-0.15, -0.1) is 0 Å². The van der Waals surface area contributed by atoms with Crippen molar-refractivity contribution < 1.29 is 0 Å². The van der Waals surface area contributed by atoms with E-state index in [9.17, 15) is 0 Å². The molecule has 0 radical (unpaired) electrons. The van der Waals surface area contributed by atoms with Crippen molar-refractivity contribution in [3.05, 3.63) is 12.2 Å². The fourth-order valence-corrected chi connectivity index (χ4v) is 2.66. The zero-order valence-electron chi connectivity index (χ0n) is 12.3. The Morgan fingerprint density at radius 1 is 1.30 bits per heavy atom. The fraction of sp³-hybridized carbons (Fsp3) is 0.643. The molecule has 1 aliphatic rings. The number of rotatable bonds is 3. The van der Waals surface area contributed by atoms with Gasteiger partial charge >= 0.3 is 0 Å². The van der Waals surface area contributed by atoms with Gasteiger partial charge in [0.05, 0.1) is 6.33 Å². The van der Waals surface area contributed by atoms with Crippen LogP contribution in [0.4, 0.5) is 5.82 Å². The van der Waals surface area contributed by atoms with Crippen LogP contribution in [0.1, 0.15) is 38.6 Å². The van der Waals surface area contributed by atoms with Crippen LogP contribution in [-0.4, -0.2) is 38.7 Å². The fourth-order valence-electron chi connectivity index (χ4n) is 2.66. The molecule has 20 heavy (non-hydrogen) atoms. The highest BCUT2D eigenvalue weighted by atomic mass is 15.2. The summed E-state index contributed by atoms with van der Waals surface area (Å²) in [5.41, 5.74) is 1.80. The van der Waals surface area contributed by atoms with Crippen molar-refractivity contribution in [1.29, 1.82) is 0 Å². The molecule has 6 nitrogen and oxygen atoms in total. The standard InChI is InChI=1S/C14H22N6/c1-9(2)20-8-16-12-13(17-10(3)18-14(12)20)19-11-4-6-15-7-5-11/h8-9,11,15H,4-7H2,1-3H3,(H,17,18,19). The summed E-state index contributed by atoms with van der Waals surface area (Å²) in [6.45, 7) is 8.33. The highest BCUT2D eigenvalue weighted by molar-refractivity contribution is 5.83. The van der Waals surface area contributed by atoms with Gasteiger partial charge in [0, 0.05) is 12.1 Å². The number of aryl methyl sites for hydroxylation is 1. The van der Waals surface area contributed by atoms with Crippen molar-refractivity contribution in [3.63, 3.8) is 0 Å². The van der Waals surface area contributed by atoms with Crippen molar-refractivity contribution in [2.75, 3.05) is 18.4 Å². The van der Waals surface area contributed by atoms with Gasteiger partial charge in [0.2, 0.25) is 0 Å². The van der Waals surface area contributed by atoms with Gasteiger partial charge in [-0.2, -0.15) is 0 Å². The minimum Gasteiger partial charge on any atom is -0.365 e. The van der Waals surface area contributed by atoms with E-state index in [0.29, 0.717) is 12.1 Å². The predicted octanol–water partition coefficient (Wildman–Crippen LogP) is 1.88. The summed E-state index contributed by atoms with van der Waals surface area (Å²) >= 11 is 0. The molecular weight excluding hydrogens is 252 g/mol. The molecule has 0 bridgehead atoms. The molecule has 3 heterocycles. The molecular formula is C14H22N6. The average Bonchev–Trinajstić information content (AvgIpc) is 2.83. The predicted molar refractivity (Wildman–Crippen MR) is 80.0 cm³/mol. The van der Waals surface area contributed by atoms with Gasteiger partial charge in [-0.25, -0.2) is 15.0 Å². The second-order valence-electron chi connectivity index (χ2n) is 5.71. The van der Waals surface area contributed by atoms with Crippen LogP contribution in [-0.2, 0) is 0 Å². The Morgan fingerprint density at radius 3 is 2.75 bits per heavy atom. The Kier molecular flexibility index (Phi) is 3.56. The molecule has 0 spiro atoms. The summed E-state index contributed by atoms with van der Waals surface area (Å²) in [6.07, 6.45) is 4.10. The number of imidazole rings is 1. The van der Waals surface area contributed by atoms with Crippen LogP contribution in [0.25, 0.3) is 11.2 Å². The van der Waals surface area contributed by atoms with Gasteiger partial charge in [-0.1, -0.05) is 0 Å². The highest BCUT2D eigenvalue weighted by Crippen LogP contribution is 2.23. The maximum absolute atomic E-state index is 4.55. The molecule has 3 rings (SSSR count). The van der Waals surface area contributed by atoms with Gasteiger partial charge in [0.25, 0.3) is 0 Å². The molecule has 1 saturated heterocycles. The number of piperidine rings is 1. The number of anilines is 1. The molecule has 2 aromatic heterocycles. The van der Waals surface area contributed by atoms with E-state index in [-0.39, 0.29) is 0 Å². The van der Waals surface area contributed by atoms with Crippen LogP contribution < -0.4 is 10.6 Å². The van der Waals surface area contributed by atoms with Crippen molar-refractivity contribution in [2.45, 2.75) is 45.7 Å². The molecule has 2 N–H and O–H groups in total. The molecule has 108 valence electrons. The first-order valence-electron chi connectivity index (χ1n) is 7.33. The zero-order valence-corrected chi connectivity index (χ0v) is 12.3. The average molecular weight is 274 g/mol. The number of fused-ring (bicyclic) bond motifs is 1. The van der Waals surface area contributed by atoms with Crippen LogP contribution in [0.2, 0.25) is 0 Å². The van der Waals surface area contributed by atoms with Gasteiger partial charge < -0.3 is 15.2 Å². The van der Waals surface area contributed by atoms with Gasteiger partial charge in [0.1, 0.15) is 11.3 Å². The van der Waals surface area contributed by atoms with Gasteiger partial charge in [-0.05, 0) is 46.7 Å².